The maximum Gasteiger partial charge on any atom is 0.312 e. The Kier molecular flexibility index (Phi) is 8.07. The summed E-state index contributed by atoms with van der Waals surface area (Å²) in [4.78, 5) is 41.2. The molecule has 1 atom stereocenters. The minimum atomic E-state index is -0.764. The van der Waals surface area contributed by atoms with Crippen LogP contribution in [-0.2, 0) is 4.79 Å². The molecule has 0 radical (unpaired) electrons. The highest BCUT2D eigenvalue weighted by Gasteiger charge is 2.19. The molecule has 0 aliphatic carbocycles. The monoisotopic (exact) mass is 495 g/mol. The van der Waals surface area contributed by atoms with Crippen LogP contribution in [0.1, 0.15) is 28.4 Å². The fourth-order valence-corrected chi connectivity index (χ4v) is 3.60. The number of benzene rings is 3. The van der Waals surface area contributed by atoms with Crippen molar-refractivity contribution in [2.24, 2.45) is 5.73 Å². The lowest BCUT2D eigenvalue weighted by Crippen LogP contribution is -2.35. The molecule has 0 bridgehead atoms. The van der Waals surface area contributed by atoms with Crippen molar-refractivity contribution >= 4 is 29.4 Å². The predicted octanol–water partition coefficient (Wildman–Crippen LogP) is 4.86. The molecule has 5 N–H and O–H groups in total. The number of ether oxygens (including phenoxy) is 1. The van der Waals surface area contributed by atoms with E-state index in [-0.39, 0.29) is 18.2 Å². The van der Waals surface area contributed by atoms with Crippen LogP contribution in [0.4, 0.5) is 16.3 Å². The molecule has 0 aliphatic rings. The molecule has 9 heteroatoms. The summed E-state index contributed by atoms with van der Waals surface area (Å²) in [6.07, 6.45) is 1.48. The maximum absolute atomic E-state index is 12.9. The Morgan fingerprint density at radius 3 is 2.32 bits per heavy atom. The second-order valence-electron chi connectivity index (χ2n) is 8.05. The fraction of sp³-hybridized carbons (Fsp3) is 0.0714. The number of anilines is 2. The van der Waals surface area contributed by atoms with Gasteiger partial charge in [-0.05, 0) is 60.2 Å². The van der Waals surface area contributed by atoms with Crippen molar-refractivity contribution in [3.05, 3.63) is 114 Å². The van der Waals surface area contributed by atoms with Gasteiger partial charge in [-0.1, -0.05) is 42.5 Å². The van der Waals surface area contributed by atoms with Gasteiger partial charge in [0.25, 0.3) is 5.91 Å². The van der Waals surface area contributed by atoms with Gasteiger partial charge < -0.3 is 26.4 Å². The highest BCUT2D eigenvalue weighted by Crippen LogP contribution is 2.26. The molecule has 186 valence electrons. The minimum absolute atomic E-state index is 0.0951. The first-order chi connectivity index (χ1) is 18.0. The van der Waals surface area contributed by atoms with Gasteiger partial charge >= 0.3 is 6.03 Å². The van der Waals surface area contributed by atoms with Crippen LogP contribution in [-0.4, -0.2) is 22.8 Å². The van der Waals surface area contributed by atoms with Crippen LogP contribution >= 0.6 is 0 Å². The number of rotatable bonds is 9. The summed E-state index contributed by atoms with van der Waals surface area (Å²) >= 11 is 0. The number of aromatic nitrogens is 1. The topological polar surface area (TPSA) is 135 Å². The molecule has 0 aliphatic heterocycles. The van der Waals surface area contributed by atoms with Crippen molar-refractivity contribution in [2.75, 3.05) is 10.6 Å². The van der Waals surface area contributed by atoms with Crippen LogP contribution in [0.25, 0.3) is 0 Å². The van der Waals surface area contributed by atoms with Gasteiger partial charge in [-0.3, -0.25) is 9.59 Å². The van der Waals surface area contributed by atoms with Gasteiger partial charge in [0.05, 0.1) is 12.5 Å². The average molecular weight is 496 g/mol. The number of nitrogens with two attached hydrogens (primary N) is 1. The van der Waals surface area contributed by atoms with E-state index >= 15 is 0 Å². The van der Waals surface area contributed by atoms with Crippen LogP contribution in [0.3, 0.4) is 0 Å². The molecule has 0 saturated carbocycles. The Hall–Kier alpha value is -5.18. The normalized spacial score (nSPS) is 11.1. The zero-order valence-corrected chi connectivity index (χ0v) is 19.8. The Morgan fingerprint density at radius 2 is 1.57 bits per heavy atom. The highest BCUT2D eigenvalue weighted by molar-refractivity contribution is 6.05. The third-order valence-corrected chi connectivity index (χ3v) is 5.26. The minimum Gasteiger partial charge on any atom is -0.457 e. The number of nitrogens with zero attached hydrogens (tertiary/aromatic N) is 1. The number of hydrogen-bond donors (Lipinski definition) is 4. The van der Waals surface area contributed by atoms with Gasteiger partial charge in [-0.15, -0.1) is 0 Å². The molecule has 37 heavy (non-hydrogen) atoms. The van der Waals surface area contributed by atoms with E-state index in [1.165, 1.54) is 0 Å². The van der Waals surface area contributed by atoms with Gasteiger partial charge in [-0.2, -0.15) is 0 Å². The van der Waals surface area contributed by atoms with Crippen LogP contribution in [0.5, 0.6) is 11.5 Å². The van der Waals surface area contributed by atoms with E-state index in [1.54, 1.807) is 72.9 Å². The Balaban J connectivity index is 1.44. The third-order valence-electron chi connectivity index (χ3n) is 5.26. The van der Waals surface area contributed by atoms with Crippen molar-refractivity contribution in [1.82, 2.24) is 10.3 Å². The zero-order valence-electron chi connectivity index (χ0n) is 19.8. The molecule has 0 saturated heterocycles. The van der Waals surface area contributed by atoms with Gasteiger partial charge in [0.15, 0.2) is 0 Å². The predicted molar refractivity (Wildman–Crippen MR) is 140 cm³/mol. The molecule has 1 aromatic heterocycles. The van der Waals surface area contributed by atoms with Crippen molar-refractivity contribution in [1.29, 1.82) is 0 Å². The summed E-state index contributed by atoms with van der Waals surface area (Å²) in [6, 6.07) is 26.5. The second kappa shape index (κ2) is 12.0. The molecule has 3 aromatic carbocycles. The smallest absolute Gasteiger partial charge is 0.312 e. The zero-order chi connectivity index (χ0) is 26.0. The number of amides is 4. The van der Waals surface area contributed by atoms with Gasteiger partial charge in [-0.25, -0.2) is 9.78 Å². The standard InChI is InChI=1S/C28H25N5O4/c29-28(36)32-24(19-8-7-13-23(17-19)37-22-11-2-1-3-12-22)18-26(34)31-21-10-6-9-20(16-21)27(35)33-25-14-4-5-15-30-25/h1-17,24H,18H2,(H,31,34)(H3,29,32,36)(H,30,33,35). The van der Waals surface area contributed by atoms with E-state index in [4.69, 9.17) is 10.5 Å². The molecule has 0 fully saturated rings. The second-order valence-corrected chi connectivity index (χ2v) is 8.05. The molecule has 9 nitrogen and oxygen atoms in total. The average Bonchev–Trinajstić information content (AvgIpc) is 2.89. The first-order valence-corrected chi connectivity index (χ1v) is 11.5. The number of hydrogen-bond acceptors (Lipinski definition) is 5. The summed E-state index contributed by atoms with van der Waals surface area (Å²) in [5.74, 6) is 0.880. The lowest BCUT2D eigenvalue weighted by atomic mass is 10.0. The molecule has 4 rings (SSSR count). The SMILES string of the molecule is NC(=O)NC(CC(=O)Nc1cccc(C(=O)Nc2ccccn2)c1)c1cccc(Oc2ccccc2)c1. The number of urea groups is 1. The van der Waals surface area contributed by atoms with Crippen LogP contribution in [0, 0.1) is 0 Å². The molecule has 4 aromatic rings. The van der Waals surface area contributed by atoms with Crippen LogP contribution < -0.4 is 26.4 Å². The van der Waals surface area contributed by atoms with Crippen LogP contribution in [0.2, 0.25) is 0 Å². The summed E-state index contributed by atoms with van der Waals surface area (Å²) in [5, 5.41) is 8.08. The van der Waals surface area contributed by atoms with E-state index in [0.29, 0.717) is 34.1 Å². The molecule has 4 amide bonds. The molecular formula is C28H25N5O4. The van der Waals surface area contributed by atoms with Crippen molar-refractivity contribution in [3.8, 4) is 11.5 Å². The van der Waals surface area contributed by atoms with E-state index in [9.17, 15) is 14.4 Å². The molecular weight excluding hydrogens is 470 g/mol. The lowest BCUT2D eigenvalue weighted by molar-refractivity contribution is -0.116. The van der Waals surface area contributed by atoms with Gasteiger partial charge in [0, 0.05) is 17.4 Å². The Morgan fingerprint density at radius 1 is 0.811 bits per heavy atom. The first kappa shape index (κ1) is 24.9. The van der Waals surface area contributed by atoms with Crippen molar-refractivity contribution < 1.29 is 19.1 Å². The fourth-order valence-electron chi connectivity index (χ4n) is 3.60. The molecule has 1 heterocycles. The Labute approximate surface area is 213 Å². The summed E-state index contributed by atoms with van der Waals surface area (Å²) in [5.41, 5.74) is 6.80. The van der Waals surface area contributed by atoms with Gasteiger partial charge in [0.1, 0.15) is 17.3 Å². The summed E-state index contributed by atoms with van der Waals surface area (Å²) in [7, 11) is 0. The van der Waals surface area contributed by atoms with Crippen LogP contribution in [0.15, 0.2) is 103 Å². The van der Waals surface area contributed by atoms with Gasteiger partial charge in [0.2, 0.25) is 5.91 Å². The lowest BCUT2D eigenvalue weighted by Gasteiger charge is -2.19. The number of carbonyl (C=O) groups excluding carboxylic acids is 3. The van der Waals surface area contributed by atoms with Crippen molar-refractivity contribution in [3.63, 3.8) is 0 Å². The van der Waals surface area contributed by atoms with E-state index in [1.807, 2.05) is 30.3 Å². The molecule has 1 unspecified atom stereocenters. The number of pyridine rings is 1. The summed E-state index contributed by atoms with van der Waals surface area (Å²) in [6.45, 7) is 0. The van der Waals surface area contributed by atoms with E-state index in [0.717, 1.165) is 0 Å². The maximum atomic E-state index is 12.9. The first-order valence-electron chi connectivity index (χ1n) is 11.5. The molecule has 0 spiro atoms. The number of primary amides is 1. The number of carbonyl (C=O) groups is 3. The number of nitrogens with one attached hydrogen (secondary N) is 3. The third kappa shape index (κ3) is 7.40. The van der Waals surface area contributed by atoms with Crippen molar-refractivity contribution in [2.45, 2.75) is 12.5 Å². The van der Waals surface area contributed by atoms with E-state index < -0.39 is 12.1 Å². The number of para-hydroxylation sites is 1. The largest absolute Gasteiger partial charge is 0.457 e. The summed E-state index contributed by atoms with van der Waals surface area (Å²) < 4.78 is 5.87. The van der Waals surface area contributed by atoms with E-state index in [2.05, 4.69) is 20.9 Å². The Bertz CT molecular complexity index is 1380. The highest BCUT2D eigenvalue weighted by atomic mass is 16.5. The quantitative estimate of drug-likeness (QED) is 0.263.